The SMILES string of the molecule is CCOCc1cccc(NC2CCOC2)c1. The van der Waals surface area contributed by atoms with Crippen LogP contribution in [0.1, 0.15) is 18.9 Å². The number of nitrogens with one attached hydrogen (secondary N) is 1. The summed E-state index contributed by atoms with van der Waals surface area (Å²) >= 11 is 0. The average Bonchev–Trinajstić information content (AvgIpc) is 2.80. The fraction of sp³-hybridized carbons (Fsp3) is 0.538. The molecular formula is C13H19NO2. The lowest BCUT2D eigenvalue weighted by atomic mass is 10.2. The molecule has 0 saturated carbocycles. The lowest BCUT2D eigenvalue weighted by molar-refractivity contribution is 0.134. The highest BCUT2D eigenvalue weighted by Crippen LogP contribution is 2.16. The molecular weight excluding hydrogens is 202 g/mol. The van der Waals surface area contributed by atoms with Crippen LogP contribution < -0.4 is 5.32 Å². The molecule has 1 aliphatic heterocycles. The Balaban J connectivity index is 1.92. The summed E-state index contributed by atoms with van der Waals surface area (Å²) in [6.45, 7) is 5.14. The number of benzene rings is 1. The number of hydrogen-bond acceptors (Lipinski definition) is 3. The predicted molar refractivity (Wildman–Crippen MR) is 64.6 cm³/mol. The molecule has 0 radical (unpaired) electrons. The number of ether oxygens (including phenoxy) is 2. The summed E-state index contributed by atoms with van der Waals surface area (Å²) in [6, 6.07) is 8.85. The van der Waals surface area contributed by atoms with E-state index in [1.165, 1.54) is 5.56 Å². The Morgan fingerprint density at radius 3 is 3.19 bits per heavy atom. The van der Waals surface area contributed by atoms with Crippen LogP contribution in [0, 0.1) is 0 Å². The molecule has 1 aliphatic rings. The van der Waals surface area contributed by atoms with Crippen molar-refractivity contribution in [1.29, 1.82) is 0 Å². The smallest absolute Gasteiger partial charge is 0.0717 e. The van der Waals surface area contributed by atoms with Crippen molar-refractivity contribution < 1.29 is 9.47 Å². The Kier molecular flexibility index (Phi) is 4.19. The summed E-state index contributed by atoms with van der Waals surface area (Å²) in [5.74, 6) is 0. The summed E-state index contributed by atoms with van der Waals surface area (Å²) in [4.78, 5) is 0. The highest BCUT2D eigenvalue weighted by molar-refractivity contribution is 5.46. The summed E-state index contributed by atoms with van der Waals surface area (Å²) in [5.41, 5.74) is 2.37. The van der Waals surface area contributed by atoms with Crippen LogP contribution in [0.4, 0.5) is 5.69 Å². The molecule has 1 aromatic rings. The molecule has 1 aromatic carbocycles. The second kappa shape index (κ2) is 5.87. The van der Waals surface area contributed by atoms with E-state index in [0.29, 0.717) is 12.6 Å². The molecule has 0 spiro atoms. The summed E-state index contributed by atoms with van der Waals surface area (Å²) < 4.78 is 10.7. The van der Waals surface area contributed by atoms with Gasteiger partial charge in [-0.05, 0) is 31.0 Å². The topological polar surface area (TPSA) is 30.5 Å². The first kappa shape index (κ1) is 11.4. The van der Waals surface area contributed by atoms with E-state index in [-0.39, 0.29) is 0 Å². The van der Waals surface area contributed by atoms with Gasteiger partial charge in [0, 0.05) is 18.9 Å². The van der Waals surface area contributed by atoms with Gasteiger partial charge in [-0.3, -0.25) is 0 Å². The van der Waals surface area contributed by atoms with Crippen molar-refractivity contribution >= 4 is 5.69 Å². The van der Waals surface area contributed by atoms with Gasteiger partial charge in [0.05, 0.1) is 19.3 Å². The van der Waals surface area contributed by atoms with Gasteiger partial charge in [-0.2, -0.15) is 0 Å². The van der Waals surface area contributed by atoms with Crippen molar-refractivity contribution in [3.8, 4) is 0 Å². The Labute approximate surface area is 96.8 Å². The molecule has 1 unspecified atom stereocenters. The third kappa shape index (κ3) is 3.22. The molecule has 1 heterocycles. The van der Waals surface area contributed by atoms with Gasteiger partial charge >= 0.3 is 0 Å². The highest BCUT2D eigenvalue weighted by Gasteiger charge is 2.14. The van der Waals surface area contributed by atoms with E-state index in [2.05, 4.69) is 29.6 Å². The van der Waals surface area contributed by atoms with E-state index in [9.17, 15) is 0 Å². The van der Waals surface area contributed by atoms with Crippen molar-refractivity contribution in [3.05, 3.63) is 29.8 Å². The van der Waals surface area contributed by atoms with E-state index in [0.717, 1.165) is 31.9 Å². The fourth-order valence-corrected chi connectivity index (χ4v) is 1.85. The van der Waals surface area contributed by atoms with Crippen LogP contribution in [0.5, 0.6) is 0 Å². The van der Waals surface area contributed by atoms with Crippen molar-refractivity contribution in [2.24, 2.45) is 0 Å². The van der Waals surface area contributed by atoms with Gasteiger partial charge in [-0.1, -0.05) is 12.1 Å². The van der Waals surface area contributed by atoms with Crippen LogP contribution in [0.3, 0.4) is 0 Å². The standard InChI is InChI=1S/C13H19NO2/c1-2-15-9-11-4-3-5-12(8-11)14-13-6-7-16-10-13/h3-5,8,13-14H,2,6-7,9-10H2,1H3. The molecule has 2 rings (SSSR count). The molecule has 1 saturated heterocycles. The molecule has 0 aromatic heterocycles. The normalized spacial score (nSPS) is 19.9. The van der Waals surface area contributed by atoms with Gasteiger partial charge in [-0.15, -0.1) is 0 Å². The second-order valence-electron chi connectivity index (χ2n) is 4.04. The van der Waals surface area contributed by atoms with Gasteiger partial charge in [0.2, 0.25) is 0 Å². The van der Waals surface area contributed by atoms with Crippen molar-refractivity contribution in [1.82, 2.24) is 0 Å². The zero-order chi connectivity index (χ0) is 11.2. The third-order valence-corrected chi connectivity index (χ3v) is 2.70. The van der Waals surface area contributed by atoms with E-state index in [1.54, 1.807) is 0 Å². The van der Waals surface area contributed by atoms with Crippen molar-refractivity contribution in [3.63, 3.8) is 0 Å². The van der Waals surface area contributed by atoms with Crippen LogP contribution in [-0.2, 0) is 16.1 Å². The lowest BCUT2D eigenvalue weighted by Gasteiger charge is -2.13. The minimum atomic E-state index is 0.461. The van der Waals surface area contributed by atoms with Crippen LogP contribution in [0.25, 0.3) is 0 Å². The van der Waals surface area contributed by atoms with E-state index in [4.69, 9.17) is 9.47 Å². The molecule has 1 atom stereocenters. The van der Waals surface area contributed by atoms with E-state index >= 15 is 0 Å². The average molecular weight is 221 g/mol. The quantitative estimate of drug-likeness (QED) is 0.828. The minimum Gasteiger partial charge on any atom is -0.380 e. The zero-order valence-corrected chi connectivity index (χ0v) is 9.74. The molecule has 0 aliphatic carbocycles. The molecule has 88 valence electrons. The molecule has 1 fully saturated rings. The zero-order valence-electron chi connectivity index (χ0n) is 9.74. The van der Waals surface area contributed by atoms with Crippen LogP contribution in [0.2, 0.25) is 0 Å². The van der Waals surface area contributed by atoms with Crippen molar-refractivity contribution in [2.75, 3.05) is 25.1 Å². The Morgan fingerprint density at radius 1 is 1.50 bits per heavy atom. The molecule has 0 bridgehead atoms. The Morgan fingerprint density at radius 2 is 2.44 bits per heavy atom. The molecule has 0 amide bonds. The second-order valence-corrected chi connectivity index (χ2v) is 4.04. The molecule has 1 N–H and O–H groups in total. The van der Waals surface area contributed by atoms with Crippen LogP contribution in [-0.4, -0.2) is 25.9 Å². The van der Waals surface area contributed by atoms with E-state index in [1.807, 2.05) is 6.92 Å². The highest BCUT2D eigenvalue weighted by atomic mass is 16.5. The van der Waals surface area contributed by atoms with Gasteiger partial charge in [0.25, 0.3) is 0 Å². The molecule has 3 heteroatoms. The monoisotopic (exact) mass is 221 g/mol. The third-order valence-electron chi connectivity index (χ3n) is 2.70. The molecule has 3 nitrogen and oxygen atoms in total. The van der Waals surface area contributed by atoms with Crippen LogP contribution >= 0.6 is 0 Å². The van der Waals surface area contributed by atoms with Gasteiger partial charge in [0.1, 0.15) is 0 Å². The first-order valence-corrected chi connectivity index (χ1v) is 5.89. The Bertz CT molecular complexity index is 321. The lowest BCUT2D eigenvalue weighted by Crippen LogP contribution is -2.18. The maximum atomic E-state index is 5.39. The predicted octanol–water partition coefficient (Wildman–Crippen LogP) is 2.42. The van der Waals surface area contributed by atoms with Crippen LogP contribution in [0.15, 0.2) is 24.3 Å². The Hall–Kier alpha value is -1.06. The number of anilines is 1. The van der Waals surface area contributed by atoms with Gasteiger partial charge in [0.15, 0.2) is 0 Å². The summed E-state index contributed by atoms with van der Waals surface area (Å²) in [7, 11) is 0. The molecule has 16 heavy (non-hydrogen) atoms. The minimum absolute atomic E-state index is 0.461. The largest absolute Gasteiger partial charge is 0.380 e. The van der Waals surface area contributed by atoms with Gasteiger partial charge in [-0.25, -0.2) is 0 Å². The number of hydrogen-bond donors (Lipinski definition) is 1. The first-order valence-electron chi connectivity index (χ1n) is 5.89. The summed E-state index contributed by atoms with van der Waals surface area (Å²) in [5, 5.41) is 3.48. The number of rotatable bonds is 5. The summed E-state index contributed by atoms with van der Waals surface area (Å²) in [6.07, 6.45) is 1.09. The first-order chi connectivity index (χ1) is 7.88. The maximum absolute atomic E-state index is 5.39. The van der Waals surface area contributed by atoms with Crippen molar-refractivity contribution in [2.45, 2.75) is 26.0 Å². The van der Waals surface area contributed by atoms with Gasteiger partial charge < -0.3 is 14.8 Å². The van der Waals surface area contributed by atoms with E-state index < -0.39 is 0 Å². The maximum Gasteiger partial charge on any atom is 0.0717 e. The fourth-order valence-electron chi connectivity index (χ4n) is 1.85.